The molecule has 1 aromatic carbocycles. The second kappa shape index (κ2) is 4.48. The average Bonchev–Trinajstić information content (AvgIpc) is 2.14. The molecule has 0 aliphatic heterocycles. The van der Waals surface area contributed by atoms with Gasteiger partial charge in [-0.3, -0.25) is 10.1 Å². The third-order valence-corrected chi connectivity index (χ3v) is 1.86. The fourth-order valence-corrected chi connectivity index (χ4v) is 1.21. The van der Waals surface area contributed by atoms with Gasteiger partial charge in [0.15, 0.2) is 0 Å². The SMILES string of the molecule is CN(C)c1cc(OC(F)(F)F)ccc1[N+](=O)[O-]. The molecule has 1 aromatic rings. The molecule has 0 N–H and O–H groups in total. The Morgan fingerprint density at radius 3 is 2.35 bits per heavy atom. The first-order chi connectivity index (χ1) is 7.70. The highest BCUT2D eigenvalue weighted by molar-refractivity contribution is 5.65. The Kier molecular flexibility index (Phi) is 3.45. The van der Waals surface area contributed by atoms with Crippen molar-refractivity contribution in [3.8, 4) is 5.75 Å². The molecular weight excluding hydrogens is 241 g/mol. The van der Waals surface area contributed by atoms with Gasteiger partial charge >= 0.3 is 6.36 Å². The number of anilines is 1. The highest BCUT2D eigenvalue weighted by atomic mass is 19.4. The Hall–Kier alpha value is -1.99. The van der Waals surface area contributed by atoms with Gasteiger partial charge in [0.1, 0.15) is 11.4 Å². The van der Waals surface area contributed by atoms with Crippen LogP contribution in [0.15, 0.2) is 18.2 Å². The third-order valence-electron chi connectivity index (χ3n) is 1.86. The molecule has 0 aromatic heterocycles. The number of nitro benzene ring substituents is 1. The number of benzene rings is 1. The lowest BCUT2D eigenvalue weighted by molar-refractivity contribution is -0.384. The van der Waals surface area contributed by atoms with Crippen molar-refractivity contribution in [2.45, 2.75) is 6.36 Å². The van der Waals surface area contributed by atoms with E-state index in [-0.39, 0.29) is 11.4 Å². The average molecular weight is 250 g/mol. The number of hydrogen-bond donors (Lipinski definition) is 0. The van der Waals surface area contributed by atoms with Gasteiger partial charge in [0.2, 0.25) is 0 Å². The molecule has 1 rings (SSSR count). The van der Waals surface area contributed by atoms with Crippen LogP contribution in [0.4, 0.5) is 24.5 Å². The number of rotatable bonds is 3. The van der Waals surface area contributed by atoms with E-state index < -0.39 is 17.0 Å². The van der Waals surface area contributed by atoms with E-state index in [2.05, 4.69) is 4.74 Å². The van der Waals surface area contributed by atoms with Crippen LogP contribution >= 0.6 is 0 Å². The normalized spacial score (nSPS) is 11.1. The highest BCUT2D eigenvalue weighted by Gasteiger charge is 2.31. The molecule has 0 atom stereocenters. The van der Waals surface area contributed by atoms with Gasteiger partial charge in [-0.1, -0.05) is 0 Å². The van der Waals surface area contributed by atoms with Crippen LogP contribution in [0.2, 0.25) is 0 Å². The summed E-state index contributed by atoms with van der Waals surface area (Å²) in [6.07, 6.45) is -4.82. The molecule has 0 amide bonds. The lowest BCUT2D eigenvalue weighted by Gasteiger charge is -2.15. The summed E-state index contributed by atoms with van der Waals surface area (Å²) in [4.78, 5) is 11.3. The smallest absolute Gasteiger partial charge is 0.406 e. The Labute approximate surface area is 94.5 Å². The van der Waals surface area contributed by atoms with Gasteiger partial charge in [0.05, 0.1) is 4.92 Å². The molecule has 5 nitrogen and oxygen atoms in total. The summed E-state index contributed by atoms with van der Waals surface area (Å²) in [6, 6.07) is 2.83. The van der Waals surface area contributed by atoms with Gasteiger partial charge in [0, 0.05) is 26.2 Å². The second-order valence-corrected chi connectivity index (χ2v) is 3.35. The van der Waals surface area contributed by atoms with Crippen molar-refractivity contribution >= 4 is 11.4 Å². The topological polar surface area (TPSA) is 55.6 Å². The number of halogens is 3. The molecule has 0 aliphatic carbocycles. The van der Waals surface area contributed by atoms with Gasteiger partial charge in [-0.25, -0.2) is 0 Å². The van der Waals surface area contributed by atoms with Crippen LogP contribution in [-0.2, 0) is 0 Å². The van der Waals surface area contributed by atoms with Crippen LogP contribution in [0.5, 0.6) is 5.75 Å². The van der Waals surface area contributed by atoms with Crippen molar-refractivity contribution < 1.29 is 22.8 Å². The van der Waals surface area contributed by atoms with Gasteiger partial charge < -0.3 is 9.64 Å². The van der Waals surface area contributed by atoms with Crippen molar-refractivity contribution in [1.29, 1.82) is 0 Å². The van der Waals surface area contributed by atoms with Crippen LogP contribution < -0.4 is 9.64 Å². The monoisotopic (exact) mass is 250 g/mol. The first kappa shape index (κ1) is 13.1. The molecule has 94 valence electrons. The molecule has 0 aliphatic rings. The number of hydrogen-bond acceptors (Lipinski definition) is 4. The quantitative estimate of drug-likeness (QED) is 0.611. The predicted octanol–water partition coefficient (Wildman–Crippen LogP) is 2.56. The summed E-state index contributed by atoms with van der Waals surface area (Å²) >= 11 is 0. The Balaban J connectivity index is 3.15. The maximum Gasteiger partial charge on any atom is 0.573 e. The van der Waals surface area contributed by atoms with Crippen molar-refractivity contribution in [2.75, 3.05) is 19.0 Å². The van der Waals surface area contributed by atoms with Gasteiger partial charge in [-0.15, -0.1) is 13.2 Å². The van der Waals surface area contributed by atoms with Crippen molar-refractivity contribution in [1.82, 2.24) is 0 Å². The first-order valence-corrected chi connectivity index (χ1v) is 4.42. The maximum absolute atomic E-state index is 12.0. The molecule has 0 unspecified atom stereocenters. The number of nitrogens with zero attached hydrogens (tertiary/aromatic N) is 2. The molecule has 0 fully saturated rings. The second-order valence-electron chi connectivity index (χ2n) is 3.35. The van der Waals surface area contributed by atoms with Crippen LogP contribution in [0.3, 0.4) is 0 Å². The molecule has 0 bridgehead atoms. The number of ether oxygens (including phenoxy) is 1. The van der Waals surface area contributed by atoms with E-state index in [1.165, 1.54) is 19.0 Å². The van der Waals surface area contributed by atoms with E-state index in [4.69, 9.17) is 0 Å². The van der Waals surface area contributed by atoms with E-state index in [1.807, 2.05) is 0 Å². The van der Waals surface area contributed by atoms with E-state index in [0.29, 0.717) is 0 Å². The summed E-state index contributed by atoms with van der Waals surface area (Å²) < 4.78 is 39.6. The zero-order valence-corrected chi connectivity index (χ0v) is 8.99. The molecule has 0 radical (unpaired) electrons. The minimum absolute atomic E-state index is 0.0387. The molecule has 0 heterocycles. The minimum Gasteiger partial charge on any atom is -0.406 e. The molecule has 0 saturated heterocycles. The Morgan fingerprint density at radius 1 is 1.35 bits per heavy atom. The van der Waals surface area contributed by atoms with Crippen LogP contribution in [-0.4, -0.2) is 25.4 Å². The van der Waals surface area contributed by atoms with Gasteiger partial charge in [-0.05, 0) is 6.07 Å². The van der Waals surface area contributed by atoms with Crippen LogP contribution in [0, 0.1) is 10.1 Å². The van der Waals surface area contributed by atoms with Crippen LogP contribution in [0.25, 0.3) is 0 Å². The largest absolute Gasteiger partial charge is 0.573 e. The fraction of sp³-hybridized carbons (Fsp3) is 0.333. The number of alkyl halides is 3. The summed E-state index contributed by atoms with van der Waals surface area (Å²) in [5.74, 6) is -0.494. The Bertz CT molecular complexity index is 432. The third kappa shape index (κ3) is 3.51. The summed E-state index contributed by atoms with van der Waals surface area (Å²) in [7, 11) is 2.97. The molecule has 8 heteroatoms. The zero-order chi connectivity index (χ0) is 13.2. The molecule has 17 heavy (non-hydrogen) atoms. The van der Waals surface area contributed by atoms with Gasteiger partial charge in [0.25, 0.3) is 5.69 Å². The summed E-state index contributed by atoms with van der Waals surface area (Å²) in [6.45, 7) is 0. The lowest BCUT2D eigenvalue weighted by Crippen LogP contribution is -2.18. The van der Waals surface area contributed by atoms with Crippen molar-refractivity contribution in [3.63, 3.8) is 0 Å². The number of nitro groups is 1. The van der Waals surface area contributed by atoms with E-state index in [1.54, 1.807) is 0 Å². The maximum atomic E-state index is 12.0. The lowest BCUT2D eigenvalue weighted by atomic mass is 10.2. The van der Waals surface area contributed by atoms with Crippen molar-refractivity contribution in [2.24, 2.45) is 0 Å². The Morgan fingerprint density at radius 2 is 1.94 bits per heavy atom. The van der Waals surface area contributed by atoms with Crippen molar-refractivity contribution in [3.05, 3.63) is 28.3 Å². The molecular formula is C9H9F3N2O3. The standard InChI is InChI=1S/C9H9F3N2O3/c1-13(2)8-5-6(17-9(10,11)12)3-4-7(8)14(15)16/h3-5H,1-2H3. The molecule has 0 saturated carbocycles. The van der Waals surface area contributed by atoms with Crippen LogP contribution in [0.1, 0.15) is 0 Å². The highest BCUT2D eigenvalue weighted by Crippen LogP contribution is 2.33. The van der Waals surface area contributed by atoms with Gasteiger partial charge in [-0.2, -0.15) is 0 Å². The van der Waals surface area contributed by atoms with E-state index in [9.17, 15) is 23.3 Å². The zero-order valence-electron chi connectivity index (χ0n) is 8.99. The summed E-state index contributed by atoms with van der Waals surface area (Å²) in [5, 5.41) is 10.6. The summed E-state index contributed by atoms with van der Waals surface area (Å²) in [5.41, 5.74) is -0.249. The molecule has 0 spiro atoms. The van der Waals surface area contributed by atoms with E-state index in [0.717, 1.165) is 18.2 Å². The minimum atomic E-state index is -4.82. The first-order valence-electron chi connectivity index (χ1n) is 4.42. The fourth-order valence-electron chi connectivity index (χ4n) is 1.21. The predicted molar refractivity (Wildman–Crippen MR) is 54.1 cm³/mol. The van der Waals surface area contributed by atoms with E-state index >= 15 is 0 Å².